The molecule has 0 saturated carbocycles. The molecule has 0 bridgehead atoms. The fraction of sp³-hybridized carbons (Fsp3) is 0.300. The zero-order valence-electron chi connectivity index (χ0n) is 15.3. The number of quaternary nitrogens is 1. The molecule has 0 radical (unpaired) electrons. The fourth-order valence-electron chi connectivity index (χ4n) is 2.59. The lowest BCUT2D eigenvalue weighted by Crippen LogP contribution is -3.11. The molecule has 0 saturated heterocycles. The molecular weight excluding hydrogens is 314 g/mol. The number of rotatable bonds is 6. The zero-order chi connectivity index (χ0) is 18.4. The second kappa shape index (κ2) is 8.44. The number of nitrogens with zero attached hydrogens (tertiary/aromatic N) is 1. The van der Waals surface area contributed by atoms with Crippen molar-refractivity contribution < 1.29 is 14.5 Å². The van der Waals surface area contributed by atoms with Gasteiger partial charge in [-0.1, -0.05) is 30.3 Å². The van der Waals surface area contributed by atoms with Gasteiger partial charge < -0.3 is 15.1 Å². The lowest BCUT2D eigenvalue weighted by Gasteiger charge is -2.20. The van der Waals surface area contributed by atoms with Crippen LogP contribution < -0.4 is 15.1 Å². The number of para-hydroxylation sites is 1. The van der Waals surface area contributed by atoms with E-state index < -0.39 is 0 Å². The van der Waals surface area contributed by atoms with Crippen LogP contribution in [0.25, 0.3) is 0 Å². The van der Waals surface area contributed by atoms with E-state index >= 15 is 0 Å². The molecule has 0 fully saturated rings. The molecule has 2 amide bonds. The highest BCUT2D eigenvalue weighted by Gasteiger charge is 2.18. The minimum atomic E-state index is -0.0960. The Kier molecular flexibility index (Phi) is 6.31. The molecule has 25 heavy (non-hydrogen) atoms. The summed E-state index contributed by atoms with van der Waals surface area (Å²) in [6.07, 6.45) is 0. The Balaban J connectivity index is 1.89. The van der Waals surface area contributed by atoms with Crippen LogP contribution in [0.2, 0.25) is 0 Å². The van der Waals surface area contributed by atoms with Gasteiger partial charge in [-0.3, -0.25) is 9.59 Å². The Morgan fingerprint density at radius 3 is 2.36 bits per heavy atom. The van der Waals surface area contributed by atoms with Crippen molar-refractivity contribution >= 4 is 23.2 Å². The predicted molar refractivity (Wildman–Crippen MR) is 101 cm³/mol. The van der Waals surface area contributed by atoms with Crippen LogP contribution in [-0.2, 0) is 9.59 Å². The standard InChI is InChI=1S/C20H25N3O2/c1-15-9-8-12-18(16(15)2)21-19(24)13-22(3)14-20(25)23(4)17-10-6-5-7-11-17/h5-12H,13-14H2,1-4H3,(H,21,24)/p+1. The average Bonchev–Trinajstić information content (AvgIpc) is 2.58. The first-order chi connectivity index (χ1) is 11.9. The van der Waals surface area contributed by atoms with E-state index in [1.807, 2.05) is 69.4 Å². The summed E-state index contributed by atoms with van der Waals surface area (Å²) in [6, 6.07) is 15.3. The van der Waals surface area contributed by atoms with Crippen LogP contribution in [0.15, 0.2) is 48.5 Å². The van der Waals surface area contributed by atoms with Gasteiger partial charge in [0.15, 0.2) is 13.1 Å². The molecule has 0 heterocycles. The van der Waals surface area contributed by atoms with E-state index in [1.54, 1.807) is 11.9 Å². The van der Waals surface area contributed by atoms with Crippen molar-refractivity contribution in [3.8, 4) is 0 Å². The summed E-state index contributed by atoms with van der Waals surface area (Å²) in [4.78, 5) is 27.1. The number of carbonyl (C=O) groups is 2. The molecule has 132 valence electrons. The monoisotopic (exact) mass is 340 g/mol. The summed E-state index contributed by atoms with van der Waals surface area (Å²) in [5, 5.41) is 2.93. The van der Waals surface area contributed by atoms with Crippen molar-refractivity contribution in [3.63, 3.8) is 0 Å². The number of anilines is 2. The number of nitrogens with one attached hydrogen (secondary N) is 2. The van der Waals surface area contributed by atoms with E-state index in [4.69, 9.17) is 0 Å². The Morgan fingerprint density at radius 1 is 1.00 bits per heavy atom. The Labute approximate surface area is 149 Å². The number of likely N-dealkylation sites (N-methyl/N-ethyl adjacent to an activating group) is 2. The van der Waals surface area contributed by atoms with E-state index in [-0.39, 0.29) is 24.9 Å². The highest BCUT2D eigenvalue weighted by atomic mass is 16.2. The van der Waals surface area contributed by atoms with Gasteiger partial charge in [0.2, 0.25) is 0 Å². The van der Waals surface area contributed by atoms with Crippen molar-refractivity contribution in [1.82, 2.24) is 0 Å². The van der Waals surface area contributed by atoms with Crippen LogP contribution in [-0.4, -0.2) is 39.0 Å². The van der Waals surface area contributed by atoms with Gasteiger partial charge in [-0.15, -0.1) is 0 Å². The van der Waals surface area contributed by atoms with Crippen molar-refractivity contribution in [2.75, 3.05) is 37.4 Å². The van der Waals surface area contributed by atoms with Crippen LogP contribution in [0.4, 0.5) is 11.4 Å². The largest absolute Gasteiger partial charge is 0.322 e. The molecule has 0 spiro atoms. The van der Waals surface area contributed by atoms with Gasteiger partial charge in [-0.2, -0.15) is 0 Å². The van der Waals surface area contributed by atoms with Crippen LogP contribution in [0.1, 0.15) is 11.1 Å². The third-order valence-corrected chi connectivity index (χ3v) is 4.31. The minimum Gasteiger partial charge on any atom is -0.322 e. The van der Waals surface area contributed by atoms with Crippen molar-refractivity contribution in [1.29, 1.82) is 0 Å². The van der Waals surface area contributed by atoms with Crippen molar-refractivity contribution in [2.24, 2.45) is 0 Å². The maximum Gasteiger partial charge on any atom is 0.281 e. The molecule has 2 aromatic carbocycles. The fourth-order valence-corrected chi connectivity index (χ4v) is 2.59. The first kappa shape index (κ1) is 18.7. The maximum absolute atomic E-state index is 12.4. The molecule has 5 nitrogen and oxygen atoms in total. The molecule has 5 heteroatoms. The predicted octanol–water partition coefficient (Wildman–Crippen LogP) is 1.42. The topological polar surface area (TPSA) is 53.9 Å². The summed E-state index contributed by atoms with van der Waals surface area (Å²) >= 11 is 0. The molecular formula is C20H26N3O2+. The van der Waals surface area contributed by atoms with Crippen LogP contribution >= 0.6 is 0 Å². The lowest BCUT2D eigenvalue weighted by atomic mass is 10.1. The van der Waals surface area contributed by atoms with Gasteiger partial charge in [0.25, 0.3) is 11.8 Å². The summed E-state index contributed by atoms with van der Waals surface area (Å²) in [7, 11) is 3.60. The van der Waals surface area contributed by atoms with E-state index in [0.717, 1.165) is 27.4 Å². The zero-order valence-corrected chi connectivity index (χ0v) is 15.3. The van der Waals surface area contributed by atoms with Gasteiger partial charge in [-0.25, -0.2) is 0 Å². The minimum absolute atomic E-state index is 0.0248. The number of hydrogen-bond donors (Lipinski definition) is 2. The second-order valence-corrected chi connectivity index (χ2v) is 6.39. The van der Waals surface area contributed by atoms with Gasteiger partial charge in [-0.05, 0) is 43.2 Å². The number of amides is 2. The van der Waals surface area contributed by atoms with E-state index in [9.17, 15) is 9.59 Å². The van der Waals surface area contributed by atoms with Gasteiger partial charge in [0, 0.05) is 18.4 Å². The Bertz CT molecular complexity index is 744. The molecule has 2 N–H and O–H groups in total. The van der Waals surface area contributed by atoms with Gasteiger partial charge >= 0.3 is 0 Å². The Hall–Kier alpha value is -2.66. The average molecular weight is 340 g/mol. The molecule has 2 rings (SSSR count). The molecule has 0 aliphatic carbocycles. The third-order valence-electron chi connectivity index (χ3n) is 4.31. The highest BCUT2D eigenvalue weighted by Crippen LogP contribution is 2.17. The molecule has 0 aliphatic heterocycles. The van der Waals surface area contributed by atoms with Gasteiger partial charge in [0.05, 0.1) is 7.05 Å². The third kappa shape index (κ3) is 5.16. The van der Waals surface area contributed by atoms with E-state index in [0.29, 0.717) is 0 Å². The van der Waals surface area contributed by atoms with E-state index in [2.05, 4.69) is 5.32 Å². The first-order valence-corrected chi connectivity index (χ1v) is 8.37. The molecule has 2 aromatic rings. The second-order valence-electron chi connectivity index (χ2n) is 6.39. The first-order valence-electron chi connectivity index (χ1n) is 8.37. The normalized spacial score (nSPS) is 11.7. The summed E-state index contributed by atoms with van der Waals surface area (Å²) < 4.78 is 0. The van der Waals surface area contributed by atoms with Crippen molar-refractivity contribution in [3.05, 3.63) is 59.7 Å². The molecule has 0 aliphatic rings. The van der Waals surface area contributed by atoms with E-state index in [1.165, 1.54) is 0 Å². The lowest BCUT2D eigenvalue weighted by molar-refractivity contribution is -0.862. The maximum atomic E-state index is 12.4. The quantitative estimate of drug-likeness (QED) is 0.836. The highest BCUT2D eigenvalue weighted by molar-refractivity contribution is 5.94. The number of carbonyl (C=O) groups excluding carboxylic acids is 2. The van der Waals surface area contributed by atoms with Crippen LogP contribution in [0, 0.1) is 13.8 Å². The Morgan fingerprint density at radius 2 is 1.68 bits per heavy atom. The summed E-state index contributed by atoms with van der Waals surface area (Å²) in [6.45, 7) is 4.49. The summed E-state index contributed by atoms with van der Waals surface area (Å²) in [5.74, 6) is -0.121. The number of hydrogen-bond acceptors (Lipinski definition) is 2. The smallest absolute Gasteiger partial charge is 0.281 e. The number of aryl methyl sites for hydroxylation is 1. The van der Waals surface area contributed by atoms with Crippen LogP contribution in [0.5, 0.6) is 0 Å². The SMILES string of the molecule is Cc1cccc(NC(=O)C[NH+](C)CC(=O)N(C)c2ccccc2)c1C. The number of benzene rings is 2. The van der Waals surface area contributed by atoms with Crippen molar-refractivity contribution in [2.45, 2.75) is 13.8 Å². The van der Waals surface area contributed by atoms with Crippen LogP contribution in [0.3, 0.4) is 0 Å². The molecule has 0 aromatic heterocycles. The molecule has 1 atom stereocenters. The summed E-state index contributed by atoms with van der Waals surface area (Å²) in [5.41, 5.74) is 3.87. The van der Waals surface area contributed by atoms with Gasteiger partial charge in [0.1, 0.15) is 0 Å². The molecule has 1 unspecified atom stereocenters.